The largest absolute Gasteiger partial charge is 0.343 e. The SMILES string of the molecule is Fc1cccc(Cn2ccc3cc(F)c(-c4ccnc5[nH]c(C6CCNCC6)cc45)cc32)c1. The van der Waals surface area contributed by atoms with Gasteiger partial charge in [0.1, 0.15) is 17.3 Å². The molecule has 2 N–H and O–H groups in total. The van der Waals surface area contributed by atoms with Gasteiger partial charge in [-0.25, -0.2) is 13.8 Å². The lowest BCUT2D eigenvalue weighted by Gasteiger charge is -2.21. The number of pyridine rings is 1. The Kier molecular flexibility index (Phi) is 4.95. The van der Waals surface area contributed by atoms with Crippen LogP contribution >= 0.6 is 0 Å². The van der Waals surface area contributed by atoms with Crippen LogP contribution in [0, 0.1) is 11.6 Å². The molecule has 1 fully saturated rings. The van der Waals surface area contributed by atoms with Crippen LogP contribution in [0.15, 0.2) is 67.0 Å². The highest BCUT2D eigenvalue weighted by atomic mass is 19.1. The fraction of sp³-hybridized carbons (Fsp3) is 0.222. The Morgan fingerprint density at radius 3 is 2.70 bits per heavy atom. The van der Waals surface area contributed by atoms with Crippen molar-refractivity contribution in [2.75, 3.05) is 13.1 Å². The van der Waals surface area contributed by atoms with Crippen molar-refractivity contribution in [1.29, 1.82) is 0 Å². The van der Waals surface area contributed by atoms with Crippen molar-refractivity contribution in [3.05, 3.63) is 89.9 Å². The van der Waals surface area contributed by atoms with E-state index in [1.165, 1.54) is 17.8 Å². The van der Waals surface area contributed by atoms with Gasteiger partial charge < -0.3 is 14.9 Å². The van der Waals surface area contributed by atoms with E-state index < -0.39 is 0 Å². The van der Waals surface area contributed by atoms with E-state index in [1.54, 1.807) is 18.3 Å². The summed E-state index contributed by atoms with van der Waals surface area (Å²) in [6, 6.07) is 16.0. The number of benzene rings is 2. The van der Waals surface area contributed by atoms with Crippen molar-refractivity contribution in [2.45, 2.75) is 25.3 Å². The zero-order valence-corrected chi connectivity index (χ0v) is 18.1. The lowest BCUT2D eigenvalue weighted by molar-refractivity contribution is 0.455. The molecule has 5 aromatic rings. The third kappa shape index (κ3) is 3.70. The fourth-order valence-corrected chi connectivity index (χ4v) is 5.02. The van der Waals surface area contributed by atoms with Gasteiger partial charge in [-0.2, -0.15) is 0 Å². The van der Waals surface area contributed by atoms with E-state index in [-0.39, 0.29) is 11.6 Å². The first-order chi connectivity index (χ1) is 16.2. The van der Waals surface area contributed by atoms with E-state index in [4.69, 9.17) is 0 Å². The van der Waals surface area contributed by atoms with Crippen LogP contribution in [0.1, 0.15) is 30.0 Å². The Morgan fingerprint density at radius 1 is 0.970 bits per heavy atom. The summed E-state index contributed by atoms with van der Waals surface area (Å²) in [5.41, 5.74) is 5.11. The summed E-state index contributed by atoms with van der Waals surface area (Å²) in [7, 11) is 0. The maximum absolute atomic E-state index is 15.3. The van der Waals surface area contributed by atoms with Gasteiger partial charge in [0, 0.05) is 52.4 Å². The minimum atomic E-state index is -0.261. The van der Waals surface area contributed by atoms with Gasteiger partial charge in [-0.3, -0.25) is 0 Å². The van der Waals surface area contributed by atoms with Gasteiger partial charge in [-0.1, -0.05) is 12.1 Å². The maximum Gasteiger partial charge on any atom is 0.138 e. The van der Waals surface area contributed by atoms with E-state index in [9.17, 15) is 4.39 Å². The van der Waals surface area contributed by atoms with Crippen molar-refractivity contribution in [1.82, 2.24) is 19.9 Å². The molecule has 0 saturated carbocycles. The van der Waals surface area contributed by atoms with Crippen molar-refractivity contribution >= 4 is 21.9 Å². The average Bonchev–Trinajstić information content (AvgIpc) is 3.43. The first-order valence-corrected chi connectivity index (χ1v) is 11.4. The third-order valence-electron chi connectivity index (χ3n) is 6.72. The van der Waals surface area contributed by atoms with Gasteiger partial charge >= 0.3 is 0 Å². The van der Waals surface area contributed by atoms with E-state index in [0.717, 1.165) is 59.0 Å². The van der Waals surface area contributed by atoms with Crippen LogP contribution in [0.25, 0.3) is 33.1 Å². The number of H-pyrrole nitrogens is 1. The lowest BCUT2D eigenvalue weighted by atomic mass is 9.94. The number of aromatic amines is 1. The molecule has 6 rings (SSSR count). The highest BCUT2D eigenvalue weighted by Gasteiger charge is 2.20. The summed E-state index contributed by atoms with van der Waals surface area (Å²) >= 11 is 0. The molecule has 0 spiro atoms. The molecule has 4 heterocycles. The highest BCUT2D eigenvalue weighted by Crippen LogP contribution is 2.35. The number of fused-ring (bicyclic) bond motifs is 2. The van der Waals surface area contributed by atoms with Gasteiger partial charge in [0.2, 0.25) is 0 Å². The molecule has 0 bridgehead atoms. The summed E-state index contributed by atoms with van der Waals surface area (Å²) in [6.45, 7) is 2.53. The average molecular weight is 443 g/mol. The van der Waals surface area contributed by atoms with E-state index in [0.29, 0.717) is 18.0 Å². The molecule has 1 saturated heterocycles. The normalized spacial score (nSPS) is 15.0. The van der Waals surface area contributed by atoms with Gasteiger partial charge in [0.25, 0.3) is 0 Å². The summed E-state index contributed by atoms with van der Waals surface area (Å²) in [5, 5.41) is 5.16. The number of piperidine rings is 1. The monoisotopic (exact) mass is 442 g/mol. The molecule has 1 aliphatic rings. The molecular weight excluding hydrogens is 418 g/mol. The molecule has 4 nitrogen and oxygen atoms in total. The molecule has 0 aliphatic carbocycles. The molecule has 2 aromatic carbocycles. The minimum absolute atomic E-state index is 0.258. The molecule has 33 heavy (non-hydrogen) atoms. The number of halogens is 2. The van der Waals surface area contributed by atoms with Crippen molar-refractivity contribution in [2.24, 2.45) is 0 Å². The first-order valence-electron chi connectivity index (χ1n) is 11.4. The topological polar surface area (TPSA) is 45.6 Å². The smallest absolute Gasteiger partial charge is 0.138 e. The van der Waals surface area contributed by atoms with Crippen molar-refractivity contribution in [3.63, 3.8) is 0 Å². The van der Waals surface area contributed by atoms with E-state index in [1.807, 2.05) is 35.0 Å². The predicted octanol–water partition coefficient (Wildman–Crippen LogP) is 5.98. The van der Waals surface area contributed by atoms with Crippen LogP contribution in [-0.4, -0.2) is 27.6 Å². The van der Waals surface area contributed by atoms with Crippen LogP contribution in [0.4, 0.5) is 8.78 Å². The molecule has 6 heteroatoms. The molecule has 0 unspecified atom stereocenters. The number of rotatable bonds is 4. The van der Waals surface area contributed by atoms with Crippen LogP contribution < -0.4 is 5.32 Å². The standard InChI is InChI=1S/C27H24F2N4/c28-20-3-1-2-17(12-20)16-33-11-7-19-13-24(29)22(15-26(19)33)21-6-10-31-27-23(21)14-25(32-27)18-4-8-30-9-5-18/h1-3,6-7,10-15,18,30H,4-5,8-9,16H2,(H,31,32). The zero-order valence-electron chi connectivity index (χ0n) is 18.1. The lowest BCUT2D eigenvalue weighted by Crippen LogP contribution is -2.26. The number of nitrogens with one attached hydrogen (secondary N) is 2. The van der Waals surface area contributed by atoms with Gasteiger partial charge in [-0.05, 0) is 79.5 Å². The van der Waals surface area contributed by atoms with Gasteiger partial charge in [0.05, 0.1) is 0 Å². The van der Waals surface area contributed by atoms with Gasteiger partial charge in [-0.15, -0.1) is 0 Å². The molecule has 0 radical (unpaired) electrons. The predicted molar refractivity (Wildman–Crippen MR) is 127 cm³/mol. The second kappa shape index (κ2) is 8.12. The summed E-state index contributed by atoms with van der Waals surface area (Å²) in [4.78, 5) is 7.99. The summed E-state index contributed by atoms with van der Waals surface area (Å²) in [6.07, 6.45) is 5.81. The highest BCUT2D eigenvalue weighted by molar-refractivity contribution is 5.96. The Morgan fingerprint density at radius 2 is 1.85 bits per heavy atom. The number of hydrogen-bond donors (Lipinski definition) is 2. The van der Waals surface area contributed by atoms with Gasteiger partial charge in [0.15, 0.2) is 0 Å². The Bertz CT molecular complexity index is 1460. The maximum atomic E-state index is 15.3. The quantitative estimate of drug-likeness (QED) is 0.360. The van der Waals surface area contributed by atoms with Crippen LogP contribution in [0.5, 0.6) is 0 Å². The van der Waals surface area contributed by atoms with Crippen molar-refractivity contribution in [3.8, 4) is 11.1 Å². The molecule has 1 aliphatic heterocycles. The zero-order chi connectivity index (χ0) is 22.4. The van der Waals surface area contributed by atoms with Crippen molar-refractivity contribution < 1.29 is 8.78 Å². The molecular formula is C27H24F2N4. The minimum Gasteiger partial charge on any atom is -0.343 e. The van der Waals surface area contributed by atoms with Crippen LogP contribution in [0.2, 0.25) is 0 Å². The number of aromatic nitrogens is 3. The second-order valence-corrected chi connectivity index (χ2v) is 8.83. The number of hydrogen-bond acceptors (Lipinski definition) is 2. The fourth-order valence-electron chi connectivity index (χ4n) is 5.02. The Balaban J connectivity index is 1.44. The first kappa shape index (κ1) is 20.1. The molecule has 3 aromatic heterocycles. The summed E-state index contributed by atoms with van der Waals surface area (Å²) in [5.74, 6) is -0.0564. The van der Waals surface area contributed by atoms with Crippen LogP contribution in [0.3, 0.4) is 0 Å². The van der Waals surface area contributed by atoms with Crippen LogP contribution in [-0.2, 0) is 6.54 Å². The molecule has 166 valence electrons. The Hall–Kier alpha value is -3.51. The van der Waals surface area contributed by atoms with E-state index in [2.05, 4.69) is 21.4 Å². The summed E-state index contributed by atoms with van der Waals surface area (Å²) < 4.78 is 31.0. The third-order valence-corrected chi connectivity index (χ3v) is 6.72. The molecule has 0 amide bonds. The molecule has 0 atom stereocenters. The van der Waals surface area contributed by atoms with E-state index >= 15 is 4.39 Å². The number of nitrogens with zero attached hydrogens (tertiary/aromatic N) is 2. The second-order valence-electron chi connectivity index (χ2n) is 8.83. The Labute approximate surface area is 190 Å².